The number of guanidine groups is 1. The lowest BCUT2D eigenvalue weighted by Crippen LogP contribution is -2.41. The summed E-state index contributed by atoms with van der Waals surface area (Å²) in [5.74, 6) is 1.64. The van der Waals surface area contributed by atoms with Crippen LogP contribution in [0, 0.1) is 0 Å². The van der Waals surface area contributed by atoms with Crippen LogP contribution >= 0.6 is 0 Å². The van der Waals surface area contributed by atoms with Crippen molar-refractivity contribution in [3.8, 4) is 0 Å². The number of carbonyl (C=O) groups excluding carboxylic acids is 1. The zero-order valence-corrected chi connectivity index (χ0v) is 15.2. The summed E-state index contributed by atoms with van der Waals surface area (Å²) in [4.78, 5) is 18.8. The van der Waals surface area contributed by atoms with E-state index in [2.05, 4.69) is 33.8 Å². The number of fused-ring (bicyclic) bond motifs is 1. The minimum atomic E-state index is 0.0581. The molecule has 6 nitrogen and oxygen atoms in total. The SMILES string of the molecule is CCNC(=NCC(=O)N1CCc2ccccc2C1)NCCc1ccco1. The number of benzene rings is 1. The Kier molecular flexibility index (Phi) is 6.30. The molecule has 0 saturated heterocycles. The summed E-state index contributed by atoms with van der Waals surface area (Å²) in [7, 11) is 0. The molecule has 2 heterocycles. The summed E-state index contributed by atoms with van der Waals surface area (Å²) < 4.78 is 5.32. The van der Waals surface area contributed by atoms with Crippen molar-refractivity contribution in [2.24, 2.45) is 4.99 Å². The van der Waals surface area contributed by atoms with E-state index in [4.69, 9.17) is 4.42 Å². The Morgan fingerprint density at radius 1 is 1.19 bits per heavy atom. The summed E-state index contributed by atoms with van der Waals surface area (Å²) in [6.45, 7) is 5.04. The zero-order chi connectivity index (χ0) is 18.2. The predicted octanol–water partition coefficient (Wildman–Crippen LogP) is 1.96. The van der Waals surface area contributed by atoms with Crippen molar-refractivity contribution in [2.75, 3.05) is 26.2 Å². The van der Waals surface area contributed by atoms with E-state index in [-0.39, 0.29) is 12.5 Å². The molecule has 1 aromatic carbocycles. The Labute approximate surface area is 154 Å². The van der Waals surface area contributed by atoms with Crippen molar-refractivity contribution in [2.45, 2.75) is 26.3 Å². The topological polar surface area (TPSA) is 69.9 Å². The van der Waals surface area contributed by atoms with Crippen LogP contribution in [0.4, 0.5) is 0 Å². The van der Waals surface area contributed by atoms with Gasteiger partial charge in [-0.3, -0.25) is 4.79 Å². The second-order valence-corrected chi connectivity index (χ2v) is 6.29. The fraction of sp³-hybridized carbons (Fsp3) is 0.400. The van der Waals surface area contributed by atoms with Crippen molar-refractivity contribution < 1.29 is 9.21 Å². The van der Waals surface area contributed by atoms with Crippen molar-refractivity contribution in [1.82, 2.24) is 15.5 Å². The number of rotatable bonds is 6. The normalized spacial score (nSPS) is 14.0. The number of amides is 1. The molecule has 0 radical (unpaired) electrons. The highest BCUT2D eigenvalue weighted by atomic mass is 16.3. The molecule has 138 valence electrons. The van der Waals surface area contributed by atoms with Crippen LogP contribution in [0.2, 0.25) is 0 Å². The summed E-state index contributed by atoms with van der Waals surface area (Å²) in [5.41, 5.74) is 2.58. The smallest absolute Gasteiger partial charge is 0.244 e. The third kappa shape index (κ3) is 4.88. The molecule has 1 aromatic heterocycles. The van der Waals surface area contributed by atoms with E-state index in [1.165, 1.54) is 11.1 Å². The molecule has 26 heavy (non-hydrogen) atoms. The Morgan fingerprint density at radius 3 is 2.81 bits per heavy atom. The highest BCUT2D eigenvalue weighted by Gasteiger charge is 2.19. The summed E-state index contributed by atoms with van der Waals surface area (Å²) in [6.07, 6.45) is 3.35. The van der Waals surface area contributed by atoms with Crippen LogP contribution in [0.5, 0.6) is 0 Å². The zero-order valence-electron chi connectivity index (χ0n) is 15.2. The van der Waals surface area contributed by atoms with Gasteiger partial charge in [-0.2, -0.15) is 0 Å². The maximum Gasteiger partial charge on any atom is 0.244 e. The molecule has 0 saturated carbocycles. The summed E-state index contributed by atoms with van der Waals surface area (Å²) in [5, 5.41) is 6.42. The van der Waals surface area contributed by atoms with E-state index in [9.17, 15) is 4.79 Å². The molecule has 3 rings (SSSR count). The fourth-order valence-corrected chi connectivity index (χ4v) is 3.06. The molecule has 0 aliphatic carbocycles. The molecule has 1 amide bonds. The maximum atomic E-state index is 12.5. The highest BCUT2D eigenvalue weighted by Crippen LogP contribution is 2.18. The highest BCUT2D eigenvalue weighted by molar-refractivity contribution is 5.85. The van der Waals surface area contributed by atoms with E-state index < -0.39 is 0 Å². The minimum absolute atomic E-state index is 0.0581. The molecule has 0 atom stereocenters. The van der Waals surface area contributed by atoms with Gasteiger partial charge in [0, 0.05) is 32.6 Å². The lowest BCUT2D eigenvalue weighted by molar-refractivity contribution is -0.130. The number of aliphatic imine (C=N–C) groups is 1. The van der Waals surface area contributed by atoms with Gasteiger partial charge in [0.2, 0.25) is 5.91 Å². The number of nitrogens with one attached hydrogen (secondary N) is 2. The van der Waals surface area contributed by atoms with E-state index in [1.54, 1.807) is 6.26 Å². The standard InChI is InChI=1S/C20H26N4O2/c1-2-21-20(22-11-9-18-8-5-13-26-18)23-14-19(25)24-12-10-16-6-3-4-7-17(16)15-24/h3-8,13H,2,9-12,14-15H2,1H3,(H2,21,22,23). The Balaban J connectivity index is 1.51. The first-order valence-electron chi connectivity index (χ1n) is 9.15. The van der Waals surface area contributed by atoms with E-state index >= 15 is 0 Å². The first-order valence-corrected chi connectivity index (χ1v) is 9.15. The largest absolute Gasteiger partial charge is 0.469 e. The number of carbonyl (C=O) groups is 1. The molecular weight excluding hydrogens is 328 g/mol. The van der Waals surface area contributed by atoms with Crippen LogP contribution in [0.25, 0.3) is 0 Å². The second-order valence-electron chi connectivity index (χ2n) is 6.29. The third-order valence-electron chi connectivity index (χ3n) is 4.44. The Hall–Kier alpha value is -2.76. The third-order valence-corrected chi connectivity index (χ3v) is 4.44. The van der Waals surface area contributed by atoms with Gasteiger partial charge < -0.3 is 20.0 Å². The second kappa shape index (κ2) is 9.08. The number of hydrogen-bond donors (Lipinski definition) is 2. The number of hydrogen-bond acceptors (Lipinski definition) is 3. The van der Waals surface area contributed by atoms with Crippen molar-refractivity contribution in [3.63, 3.8) is 0 Å². The number of furan rings is 1. The van der Waals surface area contributed by atoms with Gasteiger partial charge in [-0.25, -0.2) is 4.99 Å². The van der Waals surface area contributed by atoms with Gasteiger partial charge >= 0.3 is 0 Å². The predicted molar refractivity (Wildman–Crippen MR) is 102 cm³/mol. The maximum absolute atomic E-state index is 12.5. The summed E-state index contributed by atoms with van der Waals surface area (Å²) >= 11 is 0. The van der Waals surface area contributed by atoms with Crippen molar-refractivity contribution in [1.29, 1.82) is 0 Å². The van der Waals surface area contributed by atoms with Gasteiger partial charge in [-0.1, -0.05) is 24.3 Å². The lowest BCUT2D eigenvalue weighted by atomic mass is 10.00. The lowest BCUT2D eigenvalue weighted by Gasteiger charge is -2.28. The average Bonchev–Trinajstić information content (AvgIpc) is 3.19. The molecular formula is C20H26N4O2. The van der Waals surface area contributed by atoms with Crippen LogP contribution in [0.15, 0.2) is 52.1 Å². The van der Waals surface area contributed by atoms with E-state index in [0.29, 0.717) is 19.0 Å². The molecule has 2 aromatic rings. The first kappa shape index (κ1) is 18.0. The van der Waals surface area contributed by atoms with Gasteiger partial charge in [-0.15, -0.1) is 0 Å². The van der Waals surface area contributed by atoms with Crippen molar-refractivity contribution in [3.05, 3.63) is 59.5 Å². The molecule has 0 bridgehead atoms. The van der Waals surface area contributed by atoms with Crippen LogP contribution in [0.1, 0.15) is 23.8 Å². The van der Waals surface area contributed by atoms with Crippen LogP contribution in [-0.2, 0) is 24.2 Å². The van der Waals surface area contributed by atoms with E-state index in [1.807, 2.05) is 30.0 Å². The van der Waals surface area contributed by atoms with E-state index in [0.717, 1.165) is 31.7 Å². The monoisotopic (exact) mass is 354 g/mol. The molecule has 2 N–H and O–H groups in total. The Morgan fingerprint density at radius 2 is 2.04 bits per heavy atom. The van der Waals surface area contributed by atoms with Crippen LogP contribution in [0.3, 0.4) is 0 Å². The van der Waals surface area contributed by atoms with Gasteiger partial charge in [0.15, 0.2) is 5.96 Å². The van der Waals surface area contributed by atoms with Gasteiger partial charge in [0.05, 0.1) is 6.26 Å². The molecule has 0 spiro atoms. The van der Waals surface area contributed by atoms with Gasteiger partial charge in [0.1, 0.15) is 12.3 Å². The molecule has 1 aliphatic heterocycles. The minimum Gasteiger partial charge on any atom is -0.469 e. The molecule has 1 aliphatic rings. The van der Waals surface area contributed by atoms with Crippen LogP contribution in [-0.4, -0.2) is 42.9 Å². The van der Waals surface area contributed by atoms with Gasteiger partial charge in [0.25, 0.3) is 0 Å². The molecule has 0 fully saturated rings. The molecule has 6 heteroatoms. The average molecular weight is 354 g/mol. The van der Waals surface area contributed by atoms with Crippen LogP contribution < -0.4 is 10.6 Å². The van der Waals surface area contributed by atoms with Gasteiger partial charge in [-0.05, 0) is 36.6 Å². The first-order chi connectivity index (χ1) is 12.8. The number of nitrogens with zero attached hydrogens (tertiary/aromatic N) is 2. The quantitative estimate of drug-likeness (QED) is 0.615. The summed E-state index contributed by atoms with van der Waals surface area (Å²) in [6, 6.07) is 12.1. The molecule has 0 unspecified atom stereocenters. The fourth-order valence-electron chi connectivity index (χ4n) is 3.06. The Bertz CT molecular complexity index is 740. The van der Waals surface area contributed by atoms with Crippen molar-refractivity contribution >= 4 is 11.9 Å².